The molecule has 3 nitrogen and oxygen atoms in total. The van der Waals surface area contributed by atoms with E-state index in [1.807, 2.05) is 18.7 Å². The summed E-state index contributed by atoms with van der Waals surface area (Å²) in [6.45, 7) is 4.22. The normalized spacial score (nSPS) is 11.7. The van der Waals surface area contributed by atoms with Gasteiger partial charge in [0.25, 0.3) is 0 Å². The van der Waals surface area contributed by atoms with Gasteiger partial charge >= 0.3 is 0 Å². The lowest BCUT2D eigenvalue weighted by Crippen LogP contribution is -2.18. The van der Waals surface area contributed by atoms with Gasteiger partial charge in [0, 0.05) is 6.04 Å². The van der Waals surface area contributed by atoms with Gasteiger partial charge in [-0.25, -0.2) is 0 Å². The van der Waals surface area contributed by atoms with Crippen LogP contribution in [0, 0.1) is 0 Å². The predicted octanol–water partition coefficient (Wildman–Crippen LogP) is 4.30. The first kappa shape index (κ1) is 20.4. The standard InChI is InChI=1S/C16H27NO2S.ClH/c1-5-6-7-8-20-16-11-14(18-3)13(9-12(2)17)10-15(16)19-4;/h10-12H,5-9,17H2,1-4H3;1H. The van der Waals surface area contributed by atoms with Crippen molar-refractivity contribution in [1.82, 2.24) is 0 Å². The molecule has 1 unspecified atom stereocenters. The molecule has 0 amide bonds. The maximum absolute atomic E-state index is 5.89. The summed E-state index contributed by atoms with van der Waals surface area (Å²) in [4.78, 5) is 1.15. The molecule has 0 saturated carbocycles. The molecule has 21 heavy (non-hydrogen) atoms. The third kappa shape index (κ3) is 6.81. The summed E-state index contributed by atoms with van der Waals surface area (Å²) in [7, 11) is 3.42. The van der Waals surface area contributed by atoms with Crippen molar-refractivity contribution in [2.75, 3.05) is 20.0 Å². The van der Waals surface area contributed by atoms with E-state index in [1.165, 1.54) is 19.3 Å². The van der Waals surface area contributed by atoms with Gasteiger partial charge < -0.3 is 15.2 Å². The van der Waals surface area contributed by atoms with Crippen LogP contribution in [0.4, 0.5) is 0 Å². The van der Waals surface area contributed by atoms with Crippen molar-refractivity contribution in [3.05, 3.63) is 17.7 Å². The molecule has 0 saturated heterocycles. The van der Waals surface area contributed by atoms with E-state index < -0.39 is 0 Å². The maximum atomic E-state index is 5.89. The zero-order chi connectivity index (χ0) is 15.0. The fourth-order valence-electron chi connectivity index (χ4n) is 2.09. The van der Waals surface area contributed by atoms with Crippen LogP contribution >= 0.6 is 24.2 Å². The van der Waals surface area contributed by atoms with Crippen LogP contribution < -0.4 is 15.2 Å². The van der Waals surface area contributed by atoms with Crippen molar-refractivity contribution in [2.45, 2.75) is 50.5 Å². The van der Waals surface area contributed by atoms with Gasteiger partial charge in [-0.1, -0.05) is 19.8 Å². The average molecular weight is 334 g/mol. The van der Waals surface area contributed by atoms with Crippen LogP contribution in [0.25, 0.3) is 0 Å². The molecule has 0 aliphatic heterocycles. The summed E-state index contributed by atoms with van der Waals surface area (Å²) in [5.74, 6) is 2.93. The van der Waals surface area contributed by atoms with Gasteiger partial charge in [0.05, 0.1) is 19.1 Å². The number of halogens is 1. The minimum atomic E-state index is 0. The average Bonchev–Trinajstić information content (AvgIpc) is 2.43. The van der Waals surface area contributed by atoms with Crippen LogP contribution in [0.2, 0.25) is 0 Å². The molecule has 5 heteroatoms. The topological polar surface area (TPSA) is 44.5 Å². The van der Waals surface area contributed by atoms with Crippen LogP contribution in [-0.2, 0) is 6.42 Å². The Hall–Kier alpha value is -0.580. The molecule has 122 valence electrons. The van der Waals surface area contributed by atoms with Crippen molar-refractivity contribution in [3.63, 3.8) is 0 Å². The van der Waals surface area contributed by atoms with Crippen molar-refractivity contribution >= 4 is 24.2 Å². The first-order chi connectivity index (χ1) is 9.62. The molecule has 0 heterocycles. The second-order valence-corrected chi connectivity index (χ2v) is 6.19. The lowest BCUT2D eigenvalue weighted by molar-refractivity contribution is 0.389. The van der Waals surface area contributed by atoms with Crippen molar-refractivity contribution in [1.29, 1.82) is 0 Å². The zero-order valence-corrected chi connectivity index (χ0v) is 15.1. The summed E-state index contributed by atoms with van der Waals surface area (Å²) in [6.07, 6.45) is 4.54. The van der Waals surface area contributed by atoms with Crippen LogP contribution in [0.15, 0.2) is 17.0 Å². The molecule has 1 aromatic rings. The highest BCUT2D eigenvalue weighted by Gasteiger charge is 2.12. The Morgan fingerprint density at radius 2 is 1.81 bits per heavy atom. The summed E-state index contributed by atoms with van der Waals surface area (Å²) in [5, 5.41) is 0. The first-order valence-corrected chi connectivity index (χ1v) is 8.24. The zero-order valence-electron chi connectivity index (χ0n) is 13.5. The van der Waals surface area contributed by atoms with Crippen LogP contribution in [0.3, 0.4) is 0 Å². The Bertz CT molecular complexity index is 414. The SMILES string of the molecule is CCCCCSc1cc(OC)c(CC(C)N)cc1OC.Cl. The third-order valence-corrected chi connectivity index (χ3v) is 4.24. The van der Waals surface area contributed by atoms with Gasteiger partial charge in [-0.2, -0.15) is 0 Å². The highest BCUT2D eigenvalue weighted by atomic mass is 35.5. The first-order valence-electron chi connectivity index (χ1n) is 7.25. The van der Waals surface area contributed by atoms with Crippen LogP contribution in [0.1, 0.15) is 38.7 Å². The molecule has 1 rings (SSSR count). The number of rotatable bonds is 9. The van der Waals surface area contributed by atoms with E-state index in [4.69, 9.17) is 15.2 Å². The van der Waals surface area contributed by atoms with E-state index in [0.717, 1.165) is 34.1 Å². The number of nitrogens with two attached hydrogens (primary N) is 1. The Balaban J connectivity index is 0.00000400. The molecule has 0 aromatic heterocycles. The molecule has 0 aliphatic carbocycles. The van der Waals surface area contributed by atoms with Gasteiger partial charge in [0.2, 0.25) is 0 Å². The van der Waals surface area contributed by atoms with Crippen LogP contribution in [0.5, 0.6) is 11.5 Å². The van der Waals surface area contributed by atoms with Gasteiger partial charge in [-0.15, -0.1) is 24.2 Å². The third-order valence-electron chi connectivity index (χ3n) is 3.11. The molecule has 0 aliphatic rings. The Kier molecular flexibility index (Phi) is 10.7. The highest BCUT2D eigenvalue weighted by Crippen LogP contribution is 2.36. The molecule has 0 radical (unpaired) electrons. The highest BCUT2D eigenvalue weighted by molar-refractivity contribution is 7.99. The molecular weight excluding hydrogens is 306 g/mol. The molecule has 0 bridgehead atoms. The molecular formula is C16H28ClNO2S. The summed E-state index contributed by atoms with van der Waals surface area (Å²) < 4.78 is 11.0. The number of methoxy groups -OCH3 is 2. The molecule has 1 aromatic carbocycles. The van der Waals surface area contributed by atoms with E-state index >= 15 is 0 Å². The number of thioether (sulfide) groups is 1. The minimum absolute atomic E-state index is 0. The number of hydrogen-bond donors (Lipinski definition) is 1. The summed E-state index contributed by atoms with van der Waals surface area (Å²) >= 11 is 1.83. The predicted molar refractivity (Wildman–Crippen MR) is 94.4 cm³/mol. The quantitative estimate of drug-likeness (QED) is 0.540. The second kappa shape index (κ2) is 11.0. The Morgan fingerprint density at radius 3 is 2.33 bits per heavy atom. The van der Waals surface area contributed by atoms with Gasteiger partial charge in [0.1, 0.15) is 11.5 Å². The monoisotopic (exact) mass is 333 g/mol. The minimum Gasteiger partial charge on any atom is -0.496 e. The number of benzene rings is 1. The largest absolute Gasteiger partial charge is 0.496 e. The lowest BCUT2D eigenvalue weighted by atomic mass is 10.1. The van der Waals surface area contributed by atoms with Crippen molar-refractivity contribution in [2.24, 2.45) is 5.73 Å². The smallest absolute Gasteiger partial charge is 0.132 e. The van der Waals surface area contributed by atoms with Gasteiger partial charge in [0.15, 0.2) is 0 Å². The van der Waals surface area contributed by atoms with E-state index in [-0.39, 0.29) is 18.4 Å². The van der Waals surface area contributed by atoms with E-state index in [9.17, 15) is 0 Å². The Labute approximate surface area is 139 Å². The van der Waals surface area contributed by atoms with Gasteiger partial charge in [-0.05, 0) is 43.2 Å². The number of hydrogen-bond acceptors (Lipinski definition) is 4. The van der Waals surface area contributed by atoms with E-state index in [2.05, 4.69) is 19.1 Å². The maximum Gasteiger partial charge on any atom is 0.132 e. The Morgan fingerprint density at radius 1 is 1.14 bits per heavy atom. The molecule has 2 N–H and O–H groups in total. The molecule has 0 fully saturated rings. The fourth-order valence-corrected chi connectivity index (χ4v) is 3.13. The second-order valence-electron chi connectivity index (χ2n) is 5.05. The van der Waals surface area contributed by atoms with Gasteiger partial charge in [-0.3, -0.25) is 0 Å². The summed E-state index contributed by atoms with van der Waals surface area (Å²) in [5.41, 5.74) is 7.00. The van der Waals surface area contributed by atoms with Crippen LogP contribution in [-0.4, -0.2) is 26.0 Å². The van der Waals surface area contributed by atoms with Crippen molar-refractivity contribution in [3.8, 4) is 11.5 Å². The molecule has 0 spiro atoms. The summed E-state index contributed by atoms with van der Waals surface area (Å²) in [6, 6.07) is 4.24. The van der Waals surface area contributed by atoms with E-state index in [0.29, 0.717) is 0 Å². The van der Waals surface area contributed by atoms with E-state index in [1.54, 1.807) is 14.2 Å². The fraction of sp³-hybridized carbons (Fsp3) is 0.625. The van der Waals surface area contributed by atoms with Crippen molar-refractivity contribution < 1.29 is 9.47 Å². The number of ether oxygens (including phenoxy) is 2. The molecule has 1 atom stereocenters. The lowest BCUT2D eigenvalue weighted by Gasteiger charge is -2.15. The number of unbranched alkanes of at least 4 members (excludes halogenated alkanes) is 2.